The van der Waals surface area contributed by atoms with Crippen LogP contribution in [0.3, 0.4) is 0 Å². The van der Waals surface area contributed by atoms with Gasteiger partial charge < -0.3 is 10.6 Å². The summed E-state index contributed by atoms with van der Waals surface area (Å²) in [7, 11) is -0.530. The molecule has 0 aliphatic heterocycles. The van der Waals surface area contributed by atoms with Crippen LogP contribution in [0.25, 0.3) is 0 Å². The first-order valence-electron chi connectivity index (χ1n) is 8.80. The summed E-state index contributed by atoms with van der Waals surface area (Å²) >= 11 is 0. The van der Waals surface area contributed by atoms with E-state index in [1.165, 1.54) is 29.5 Å². The van der Waals surface area contributed by atoms with Gasteiger partial charge in [0, 0.05) is 26.3 Å². The molecule has 27 heavy (non-hydrogen) atoms. The minimum atomic E-state index is -3.51. The monoisotopic (exact) mass is 389 g/mol. The molecule has 0 saturated carbocycles. The number of nitrogens with one attached hydrogen (secondary N) is 2. The number of hydrogen-bond donors (Lipinski definition) is 2. The normalized spacial score (nSPS) is 11.4. The molecule has 1 amide bonds. The van der Waals surface area contributed by atoms with Crippen molar-refractivity contribution in [1.82, 2.24) is 9.62 Å². The van der Waals surface area contributed by atoms with Gasteiger partial charge in [-0.1, -0.05) is 30.3 Å². The van der Waals surface area contributed by atoms with Crippen molar-refractivity contribution in [2.24, 2.45) is 0 Å². The van der Waals surface area contributed by atoms with Gasteiger partial charge in [-0.2, -0.15) is 0 Å². The summed E-state index contributed by atoms with van der Waals surface area (Å²) < 4.78 is 25.7. The van der Waals surface area contributed by atoms with Crippen LogP contribution in [0.15, 0.2) is 47.4 Å². The molecular weight excluding hydrogens is 362 g/mol. The molecule has 2 aromatic carbocycles. The van der Waals surface area contributed by atoms with Gasteiger partial charge in [0.2, 0.25) is 15.9 Å². The van der Waals surface area contributed by atoms with Crippen molar-refractivity contribution in [3.05, 3.63) is 59.2 Å². The Kier molecular flexibility index (Phi) is 6.98. The molecule has 0 radical (unpaired) electrons. The third-order valence-electron chi connectivity index (χ3n) is 4.40. The summed E-state index contributed by atoms with van der Waals surface area (Å²) in [5.74, 6) is -0.135. The maximum atomic E-state index is 12.3. The van der Waals surface area contributed by atoms with E-state index in [0.717, 1.165) is 12.0 Å². The average molecular weight is 390 g/mol. The summed E-state index contributed by atoms with van der Waals surface area (Å²) in [5.41, 5.74) is 3.93. The first kappa shape index (κ1) is 20.9. The van der Waals surface area contributed by atoms with E-state index in [2.05, 4.69) is 29.7 Å². The number of rotatable bonds is 8. The Morgan fingerprint density at radius 3 is 2.41 bits per heavy atom. The molecule has 0 bridgehead atoms. The molecule has 0 fully saturated rings. The molecule has 6 nitrogen and oxygen atoms in total. The molecule has 7 heteroatoms. The van der Waals surface area contributed by atoms with Gasteiger partial charge in [-0.25, -0.2) is 12.7 Å². The van der Waals surface area contributed by atoms with Gasteiger partial charge in [0.05, 0.1) is 11.4 Å². The minimum Gasteiger partial charge on any atom is -0.376 e. The van der Waals surface area contributed by atoms with Crippen molar-refractivity contribution in [2.75, 3.05) is 32.5 Å². The van der Waals surface area contributed by atoms with Crippen LogP contribution >= 0.6 is 0 Å². The van der Waals surface area contributed by atoms with E-state index in [-0.39, 0.29) is 17.3 Å². The maximum Gasteiger partial charge on any atom is 0.242 e. The maximum absolute atomic E-state index is 12.3. The summed E-state index contributed by atoms with van der Waals surface area (Å²) in [4.78, 5) is 12.3. The number of nitrogens with zero attached hydrogens (tertiary/aromatic N) is 1. The number of carbonyl (C=O) groups is 1. The average Bonchev–Trinajstić information content (AvgIpc) is 2.62. The fourth-order valence-corrected chi connectivity index (χ4v) is 3.56. The van der Waals surface area contributed by atoms with Crippen molar-refractivity contribution >= 4 is 21.6 Å². The molecule has 0 saturated heterocycles. The lowest BCUT2D eigenvalue weighted by atomic mass is 10.1. The second-order valence-corrected chi connectivity index (χ2v) is 8.80. The SMILES string of the molecule is Cc1ccccc1CCNC(=O)CNc1cc(S(=O)(=O)N(C)C)ccc1C. The van der Waals surface area contributed by atoms with E-state index >= 15 is 0 Å². The number of amides is 1. The van der Waals surface area contributed by atoms with Gasteiger partial charge in [0.25, 0.3) is 0 Å². The van der Waals surface area contributed by atoms with E-state index in [1.807, 2.05) is 19.1 Å². The quantitative estimate of drug-likeness (QED) is 0.726. The molecule has 0 unspecified atom stereocenters. The van der Waals surface area contributed by atoms with Crippen LogP contribution in [0.1, 0.15) is 16.7 Å². The Morgan fingerprint density at radius 1 is 1.04 bits per heavy atom. The van der Waals surface area contributed by atoms with E-state index in [1.54, 1.807) is 18.2 Å². The molecule has 146 valence electrons. The molecule has 0 atom stereocenters. The number of carbonyl (C=O) groups excluding carboxylic acids is 1. The summed E-state index contributed by atoms with van der Waals surface area (Å²) in [5, 5.41) is 5.91. The summed E-state index contributed by atoms with van der Waals surface area (Å²) in [6.45, 7) is 4.56. The molecule has 0 aromatic heterocycles. The minimum absolute atomic E-state index is 0.0834. The zero-order chi connectivity index (χ0) is 20.0. The molecule has 2 rings (SSSR count). The third kappa shape index (κ3) is 5.55. The van der Waals surface area contributed by atoms with Crippen LogP contribution in [0.5, 0.6) is 0 Å². The molecular formula is C20H27N3O3S. The van der Waals surface area contributed by atoms with Crippen molar-refractivity contribution in [1.29, 1.82) is 0 Å². The van der Waals surface area contributed by atoms with Crippen molar-refractivity contribution in [3.63, 3.8) is 0 Å². The summed E-state index contributed by atoms with van der Waals surface area (Å²) in [6, 6.07) is 13.0. The predicted octanol–water partition coefficient (Wildman–Crippen LogP) is 2.32. The Labute approximate surface area is 161 Å². The van der Waals surface area contributed by atoms with Gasteiger partial charge in [0.1, 0.15) is 0 Å². The Bertz CT molecular complexity index is 908. The van der Waals surface area contributed by atoms with Gasteiger partial charge in [-0.05, 0) is 49.1 Å². The van der Waals surface area contributed by atoms with E-state index in [0.29, 0.717) is 12.2 Å². The molecule has 2 N–H and O–H groups in total. The fraction of sp³-hybridized carbons (Fsp3) is 0.350. The highest BCUT2D eigenvalue weighted by Crippen LogP contribution is 2.21. The highest BCUT2D eigenvalue weighted by atomic mass is 32.2. The van der Waals surface area contributed by atoms with Crippen LogP contribution in [0.2, 0.25) is 0 Å². The highest BCUT2D eigenvalue weighted by Gasteiger charge is 2.18. The van der Waals surface area contributed by atoms with Crippen LogP contribution in [0, 0.1) is 13.8 Å². The molecule has 2 aromatic rings. The third-order valence-corrected chi connectivity index (χ3v) is 6.22. The Morgan fingerprint density at radius 2 is 1.74 bits per heavy atom. The van der Waals surface area contributed by atoms with Crippen molar-refractivity contribution in [2.45, 2.75) is 25.2 Å². The van der Waals surface area contributed by atoms with Gasteiger partial charge >= 0.3 is 0 Å². The van der Waals surface area contributed by atoms with E-state index < -0.39 is 10.0 Å². The van der Waals surface area contributed by atoms with E-state index in [4.69, 9.17) is 0 Å². The second-order valence-electron chi connectivity index (χ2n) is 6.64. The number of hydrogen-bond acceptors (Lipinski definition) is 4. The Hall–Kier alpha value is -2.38. The van der Waals surface area contributed by atoms with Crippen LogP contribution in [-0.4, -0.2) is 45.8 Å². The topological polar surface area (TPSA) is 78.5 Å². The number of benzene rings is 2. The van der Waals surface area contributed by atoms with Crippen molar-refractivity contribution < 1.29 is 13.2 Å². The summed E-state index contributed by atoms with van der Waals surface area (Å²) in [6.07, 6.45) is 0.772. The highest BCUT2D eigenvalue weighted by molar-refractivity contribution is 7.89. The lowest BCUT2D eigenvalue weighted by molar-refractivity contribution is -0.119. The first-order valence-corrected chi connectivity index (χ1v) is 10.2. The predicted molar refractivity (Wildman–Crippen MR) is 108 cm³/mol. The lowest BCUT2D eigenvalue weighted by Gasteiger charge is -2.15. The van der Waals surface area contributed by atoms with Gasteiger partial charge in [0.15, 0.2) is 0 Å². The van der Waals surface area contributed by atoms with Gasteiger partial charge in [-0.3, -0.25) is 4.79 Å². The number of anilines is 1. The van der Waals surface area contributed by atoms with Gasteiger partial charge in [-0.15, -0.1) is 0 Å². The second kappa shape index (κ2) is 9.01. The zero-order valence-electron chi connectivity index (χ0n) is 16.2. The fourth-order valence-electron chi connectivity index (χ4n) is 2.63. The van der Waals surface area contributed by atoms with Crippen LogP contribution in [-0.2, 0) is 21.2 Å². The standard InChI is InChI=1S/C20H27N3O3S/c1-15-7-5-6-8-17(15)11-12-21-20(24)14-22-19-13-18(10-9-16(19)2)27(25,26)23(3)4/h5-10,13,22H,11-12,14H2,1-4H3,(H,21,24). The van der Waals surface area contributed by atoms with Crippen molar-refractivity contribution in [3.8, 4) is 0 Å². The smallest absolute Gasteiger partial charge is 0.242 e. The number of aryl methyl sites for hydroxylation is 2. The zero-order valence-corrected chi connectivity index (χ0v) is 17.1. The number of sulfonamides is 1. The lowest BCUT2D eigenvalue weighted by Crippen LogP contribution is -2.31. The first-order chi connectivity index (χ1) is 12.7. The van der Waals surface area contributed by atoms with Crippen LogP contribution in [0.4, 0.5) is 5.69 Å². The largest absolute Gasteiger partial charge is 0.376 e. The van der Waals surface area contributed by atoms with E-state index in [9.17, 15) is 13.2 Å². The molecule has 0 aliphatic carbocycles. The molecule has 0 spiro atoms. The molecule has 0 aliphatic rings. The van der Waals surface area contributed by atoms with Crippen LogP contribution < -0.4 is 10.6 Å². The Balaban J connectivity index is 1.92. The molecule has 0 heterocycles.